The summed E-state index contributed by atoms with van der Waals surface area (Å²) in [5.74, 6) is 0. The smallest absolute Gasteiger partial charge is 0.0973 e. The molecule has 0 spiro atoms. The minimum Gasteiger partial charge on any atom is -0.255 e. The summed E-state index contributed by atoms with van der Waals surface area (Å²) in [6, 6.07) is 64.7. The van der Waals surface area contributed by atoms with Gasteiger partial charge in [0.2, 0.25) is 0 Å². The maximum atomic E-state index is 5.16. The van der Waals surface area contributed by atoms with Crippen molar-refractivity contribution in [3.63, 3.8) is 0 Å². The van der Waals surface area contributed by atoms with Crippen molar-refractivity contribution in [1.29, 1.82) is 0 Å². The highest BCUT2D eigenvalue weighted by atomic mass is 14.8. The first-order valence-electron chi connectivity index (χ1n) is 19.6. The molecule has 58 heavy (non-hydrogen) atoms. The van der Waals surface area contributed by atoms with Crippen molar-refractivity contribution in [3.8, 4) is 78.4 Å². The largest absolute Gasteiger partial charge is 0.255 e. The van der Waals surface area contributed by atoms with Crippen molar-refractivity contribution >= 4 is 43.4 Å². The standard InChI is InChI=1S/C54H32N4/c1-3-12-33(13-4-1)48-40-16-7-8-17-41(40)49(34-14-5-2-6-15-34)52-43-27-26-38(39-18-11-19-42(50(39)43)51(48)52)37-25-28-45(56-32-37)47-30-24-36-22-21-35-23-29-46(44-20-9-10-31-55-44)57-53(35)54(36)58-47/h1-32H. The van der Waals surface area contributed by atoms with Gasteiger partial charge in [0.05, 0.1) is 33.8 Å². The van der Waals surface area contributed by atoms with E-state index < -0.39 is 0 Å². The van der Waals surface area contributed by atoms with Crippen molar-refractivity contribution in [2.24, 2.45) is 0 Å². The predicted octanol–water partition coefficient (Wildman–Crippen LogP) is 13.9. The number of fused-ring (bicyclic) bond motifs is 7. The van der Waals surface area contributed by atoms with Crippen LogP contribution in [0.4, 0.5) is 0 Å². The monoisotopic (exact) mass is 736 g/mol. The van der Waals surface area contributed by atoms with Crippen LogP contribution in [0.5, 0.6) is 0 Å². The first kappa shape index (κ1) is 32.4. The van der Waals surface area contributed by atoms with Gasteiger partial charge >= 0.3 is 0 Å². The molecule has 0 amide bonds. The Morgan fingerprint density at radius 2 is 0.810 bits per heavy atom. The number of pyridine rings is 4. The molecular formula is C54H32N4. The maximum Gasteiger partial charge on any atom is 0.0973 e. The topological polar surface area (TPSA) is 51.6 Å². The van der Waals surface area contributed by atoms with Crippen LogP contribution in [0.1, 0.15) is 0 Å². The highest BCUT2D eigenvalue weighted by Crippen LogP contribution is 2.58. The Hall–Kier alpha value is -7.82. The molecule has 0 N–H and O–H groups in total. The summed E-state index contributed by atoms with van der Waals surface area (Å²) in [5, 5.41) is 7.09. The summed E-state index contributed by atoms with van der Waals surface area (Å²) in [6.45, 7) is 0. The molecule has 0 saturated carbocycles. The molecular weight excluding hydrogens is 705 g/mol. The van der Waals surface area contributed by atoms with Crippen LogP contribution in [-0.4, -0.2) is 19.9 Å². The second-order valence-corrected chi connectivity index (χ2v) is 14.9. The molecule has 0 bridgehead atoms. The van der Waals surface area contributed by atoms with Gasteiger partial charge in [-0.05, 0) is 102 Å². The van der Waals surface area contributed by atoms with Gasteiger partial charge in [0.1, 0.15) is 0 Å². The van der Waals surface area contributed by atoms with Gasteiger partial charge in [-0.15, -0.1) is 0 Å². The van der Waals surface area contributed by atoms with Crippen LogP contribution >= 0.6 is 0 Å². The van der Waals surface area contributed by atoms with Crippen LogP contribution < -0.4 is 0 Å². The van der Waals surface area contributed by atoms with E-state index in [0.717, 1.165) is 55.7 Å². The molecule has 4 heteroatoms. The first-order valence-corrected chi connectivity index (χ1v) is 19.6. The molecule has 0 atom stereocenters. The van der Waals surface area contributed by atoms with E-state index in [1.165, 1.54) is 66.1 Å². The number of rotatable bonds is 5. The van der Waals surface area contributed by atoms with Gasteiger partial charge in [-0.2, -0.15) is 0 Å². The summed E-state index contributed by atoms with van der Waals surface area (Å²) in [4.78, 5) is 19.8. The average Bonchev–Trinajstić information content (AvgIpc) is 3.63. The van der Waals surface area contributed by atoms with Crippen molar-refractivity contribution in [2.45, 2.75) is 0 Å². The third-order valence-electron chi connectivity index (χ3n) is 11.7. The molecule has 0 radical (unpaired) electrons. The summed E-state index contributed by atoms with van der Waals surface area (Å²) in [7, 11) is 0. The summed E-state index contributed by atoms with van der Waals surface area (Å²) in [6.07, 6.45) is 3.79. The minimum absolute atomic E-state index is 0.807. The summed E-state index contributed by atoms with van der Waals surface area (Å²) >= 11 is 0. The van der Waals surface area contributed by atoms with Crippen LogP contribution in [0.2, 0.25) is 0 Å². The predicted molar refractivity (Wildman–Crippen MR) is 239 cm³/mol. The van der Waals surface area contributed by atoms with Crippen LogP contribution in [0.3, 0.4) is 0 Å². The lowest BCUT2D eigenvalue weighted by Crippen LogP contribution is -1.93. The zero-order valence-corrected chi connectivity index (χ0v) is 31.3. The lowest BCUT2D eigenvalue weighted by Gasteiger charge is -2.20. The van der Waals surface area contributed by atoms with Gasteiger partial charge in [0.25, 0.3) is 0 Å². The van der Waals surface area contributed by atoms with Crippen molar-refractivity contribution in [3.05, 3.63) is 194 Å². The molecule has 4 nitrogen and oxygen atoms in total. The Balaban J connectivity index is 1.01. The first-order chi connectivity index (χ1) is 28.8. The molecule has 1 aliphatic rings. The molecule has 4 heterocycles. The zero-order valence-electron chi connectivity index (χ0n) is 31.3. The van der Waals surface area contributed by atoms with Crippen molar-refractivity contribution in [1.82, 2.24) is 19.9 Å². The fourth-order valence-electron chi connectivity index (χ4n) is 9.13. The normalized spacial score (nSPS) is 11.8. The molecule has 7 aromatic carbocycles. The Bertz CT molecular complexity index is 3320. The van der Waals surface area contributed by atoms with Gasteiger partial charge in [-0.1, -0.05) is 152 Å². The number of hydrogen-bond acceptors (Lipinski definition) is 4. The fraction of sp³-hybridized carbons (Fsp3) is 0. The molecule has 12 rings (SSSR count). The van der Waals surface area contributed by atoms with E-state index in [4.69, 9.17) is 15.0 Å². The summed E-state index contributed by atoms with van der Waals surface area (Å²) < 4.78 is 0. The van der Waals surface area contributed by atoms with Gasteiger partial charge in [0, 0.05) is 28.7 Å². The van der Waals surface area contributed by atoms with Crippen molar-refractivity contribution < 1.29 is 0 Å². The number of hydrogen-bond donors (Lipinski definition) is 0. The molecule has 268 valence electrons. The van der Waals surface area contributed by atoms with Gasteiger partial charge in [-0.25, -0.2) is 9.97 Å². The Kier molecular flexibility index (Phi) is 7.20. The van der Waals surface area contributed by atoms with Crippen LogP contribution in [0.25, 0.3) is 122 Å². The van der Waals surface area contributed by atoms with Gasteiger partial charge < -0.3 is 0 Å². The van der Waals surface area contributed by atoms with Gasteiger partial charge in [-0.3, -0.25) is 9.97 Å². The van der Waals surface area contributed by atoms with E-state index in [2.05, 4.69) is 157 Å². The lowest BCUT2D eigenvalue weighted by atomic mass is 9.82. The third kappa shape index (κ3) is 4.95. The Morgan fingerprint density at radius 3 is 1.40 bits per heavy atom. The Morgan fingerprint density at radius 1 is 0.293 bits per heavy atom. The van der Waals surface area contributed by atoms with Crippen LogP contribution in [0, 0.1) is 0 Å². The number of aromatic nitrogens is 4. The molecule has 0 unspecified atom stereocenters. The van der Waals surface area contributed by atoms with E-state index in [1.54, 1.807) is 6.20 Å². The van der Waals surface area contributed by atoms with E-state index in [1.807, 2.05) is 36.5 Å². The maximum absolute atomic E-state index is 5.16. The molecule has 11 aromatic rings. The van der Waals surface area contributed by atoms with E-state index in [-0.39, 0.29) is 0 Å². The molecule has 1 aliphatic carbocycles. The highest BCUT2D eigenvalue weighted by Gasteiger charge is 2.31. The quantitative estimate of drug-likeness (QED) is 0.165. The Labute approximate surface area is 334 Å². The second-order valence-electron chi connectivity index (χ2n) is 14.9. The molecule has 0 saturated heterocycles. The van der Waals surface area contributed by atoms with Crippen LogP contribution in [0.15, 0.2) is 194 Å². The van der Waals surface area contributed by atoms with Crippen LogP contribution in [-0.2, 0) is 0 Å². The minimum atomic E-state index is 0.807. The number of benzene rings is 7. The van der Waals surface area contributed by atoms with E-state index in [9.17, 15) is 0 Å². The highest BCUT2D eigenvalue weighted by molar-refractivity contribution is 6.28. The summed E-state index contributed by atoms with van der Waals surface area (Å²) in [5.41, 5.74) is 17.3. The third-order valence-corrected chi connectivity index (χ3v) is 11.7. The average molecular weight is 737 g/mol. The molecule has 0 aliphatic heterocycles. The number of nitrogens with zero attached hydrogens (tertiary/aromatic N) is 4. The van der Waals surface area contributed by atoms with E-state index >= 15 is 0 Å². The molecule has 0 fully saturated rings. The molecule has 4 aromatic heterocycles. The second kappa shape index (κ2) is 12.9. The van der Waals surface area contributed by atoms with Gasteiger partial charge in [0.15, 0.2) is 0 Å². The fourth-order valence-corrected chi connectivity index (χ4v) is 9.13. The SMILES string of the molecule is c1ccc(-c2c3c(c(-c4ccccc4)c4ccccc24)-c2ccc(-c4ccc(-c5ccc6ccc7ccc(-c8ccccn8)nc7c6n5)nc4)c4cccc-3c24)cc1. The van der Waals surface area contributed by atoms with Crippen molar-refractivity contribution in [2.75, 3.05) is 0 Å². The van der Waals surface area contributed by atoms with E-state index in [0.29, 0.717) is 0 Å². The lowest BCUT2D eigenvalue weighted by molar-refractivity contribution is 1.26. The zero-order chi connectivity index (χ0) is 38.2.